The van der Waals surface area contributed by atoms with Crippen LogP contribution in [0.3, 0.4) is 0 Å². The highest BCUT2D eigenvalue weighted by molar-refractivity contribution is 5.93. The Labute approximate surface area is 206 Å². The first-order chi connectivity index (χ1) is 17.0. The molecule has 0 atom stereocenters. The van der Waals surface area contributed by atoms with Crippen molar-refractivity contribution in [3.05, 3.63) is 71.7 Å². The quantitative estimate of drug-likeness (QED) is 0.274. The van der Waals surface area contributed by atoms with Crippen molar-refractivity contribution < 1.29 is 9.21 Å². The van der Waals surface area contributed by atoms with E-state index in [0.29, 0.717) is 25.3 Å². The Morgan fingerprint density at radius 1 is 1.20 bits per heavy atom. The average Bonchev–Trinajstić information content (AvgIpc) is 3.52. The number of furan rings is 1. The van der Waals surface area contributed by atoms with Crippen LogP contribution in [0.15, 0.2) is 53.4 Å². The van der Waals surface area contributed by atoms with E-state index in [1.807, 2.05) is 26.0 Å². The molecule has 4 aromatic rings. The van der Waals surface area contributed by atoms with E-state index in [2.05, 4.69) is 54.0 Å². The van der Waals surface area contributed by atoms with Crippen molar-refractivity contribution in [1.29, 1.82) is 5.26 Å². The zero-order valence-corrected chi connectivity index (χ0v) is 21.1. The topological polar surface area (TPSA) is 120 Å². The minimum Gasteiger partial charge on any atom is -0.467 e. The van der Waals surface area contributed by atoms with Gasteiger partial charge in [0.25, 0.3) is 0 Å². The summed E-state index contributed by atoms with van der Waals surface area (Å²) in [6.45, 7) is 14.4. The first-order valence-electron chi connectivity index (χ1n) is 11.8. The number of aromatic amines is 1. The van der Waals surface area contributed by atoms with Gasteiger partial charge in [0.2, 0.25) is 5.91 Å². The monoisotopic (exact) mass is 474 g/mol. The molecule has 0 bridgehead atoms. The Kier molecular flexibility index (Phi) is 10.5. The van der Waals surface area contributed by atoms with Crippen molar-refractivity contribution >= 4 is 28.3 Å². The third kappa shape index (κ3) is 7.18. The van der Waals surface area contributed by atoms with Crippen LogP contribution in [-0.4, -0.2) is 20.9 Å². The largest absolute Gasteiger partial charge is 0.467 e. The van der Waals surface area contributed by atoms with Crippen LogP contribution in [0.5, 0.6) is 0 Å². The normalized spacial score (nSPS) is 10.2. The number of rotatable bonds is 8. The maximum absolute atomic E-state index is 12.4. The molecule has 184 valence electrons. The van der Waals surface area contributed by atoms with Gasteiger partial charge in [-0.3, -0.25) is 14.8 Å². The van der Waals surface area contributed by atoms with Gasteiger partial charge in [0.15, 0.2) is 0 Å². The summed E-state index contributed by atoms with van der Waals surface area (Å²) in [5.74, 6) is 1.14. The number of aromatic nitrogens is 3. The predicted molar refractivity (Wildman–Crippen MR) is 140 cm³/mol. The summed E-state index contributed by atoms with van der Waals surface area (Å²) < 4.78 is 5.45. The molecule has 1 amide bonds. The van der Waals surface area contributed by atoms with E-state index in [1.54, 1.807) is 30.8 Å². The van der Waals surface area contributed by atoms with Crippen molar-refractivity contribution in [2.45, 2.75) is 59.9 Å². The van der Waals surface area contributed by atoms with Crippen LogP contribution < -0.4 is 10.6 Å². The van der Waals surface area contributed by atoms with Crippen molar-refractivity contribution in [3.63, 3.8) is 0 Å². The molecule has 8 heteroatoms. The van der Waals surface area contributed by atoms with Crippen LogP contribution in [0.1, 0.15) is 62.7 Å². The standard InChI is InChI=1S/C24H27N5O2.C2H6.CHN/c1-15(2)20-13-21(26-14-18-5-4-12-31-18)24-23(29-20)16(3)19(28-24)6-7-22(30)27-17-8-10-25-11-9-17;2*1-2/h4-5,8-13,15,28H,6-7,14H2,1-3H3,(H,26,29)(H,25,27,30);1-2H3;1H. The molecule has 0 aliphatic rings. The SMILES string of the molecule is C#N.CC.Cc1c(CCC(=O)Nc2ccncc2)[nH]c2c(NCc3ccco3)cc(C(C)C)nc12. The third-order valence-electron chi connectivity index (χ3n) is 5.31. The van der Waals surface area contributed by atoms with E-state index >= 15 is 0 Å². The van der Waals surface area contributed by atoms with Crippen LogP contribution in [0, 0.1) is 18.8 Å². The van der Waals surface area contributed by atoms with Gasteiger partial charge in [0, 0.05) is 42.5 Å². The zero-order chi connectivity index (χ0) is 25.8. The molecular weight excluding hydrogens is 440 g/mol. The Hall–Kier alpha value is -4.12. The summed E-state index contributed by atoms with van der Waals surface area (Å²) in [5.41, 5.74) is 6.76. The lowest BCUT2D eigenvalue weighted by atomic mass is 10.1. The number of fused-ring (bicyclic) bond motifs is 1. The number of amides is 1. The summed E-state index contributed by atoms with van der Waals surface area (Å²) in [4.78, 5) is 24.7. The average molecular weight is 475 g/mol. The molecule has 35 heavy (non-hydrogen) atoms. The second kappa shape index (κ2) is 13.6. The van der Waals surface area contributed by atoms with Crippen LogP contribution in [0.25, 0.3) is 11.0 Å². The van der Waals surface area contributed by atoms with E-state index in [-0.39, 0.29) is 5.91 Å². The maximum atomic E-state index is 12.4. The molecular formula is C27H34N6O2. The lowest BCUT2D eigenvalue weighted by Crippen LogP contribution is -2.12. The number of anilines is 2. The summed E-state index contributed by atoms with van der Waals surface area (Å²) in [5, 5.41) is 12.9. The van der Waals surface area contributed by atoms with Crippen molar-refractivity contribution in [2.24, 2.45) is 0 Å². The number of nitrogens with one attached hydrogen (secondary N) is 3. The van der Waals surface area contributed by atoms with Crippen molar-refractivity contribution in [2.75, 3.05) is 10.6 Å². The highest BCUT2D eigenvalue weighted by Gasteiger charge is 2.16. The highest BCUT2D eigenvalue weighted by Crippen LogP contribution is 2.30. The second-order valence-corrected chi connectivity index (χ2v) is 7.92. The number of nitrogens with zero attached hydrogens (tertiary/aromatic N) is 3. The molecule has 0 aliphatic carbocycles. The number of nitriles is 1. The summed E-state index contributed by atoms with van der Waals surface area (Å²) in [6, 6.07) is 9.47. The molecule has 0 aromatic carbocycles. The fourth-order valence-corrected chi connectivity index (χ4v) is 3.53. The van der Waals surface area contributed by atoms with Crippen molar-refractivity contribution in [3.8, 4) is 6.57 Å². The molecule has 0 saturated carbocycles. The van der Waals surface area contributed by atoms with Gasteiger partial charge in [0.1, 0.15) is 5.76 Å². The van der Waals surface area contributed by atoms with Crippen LogP contribution >= 0.6 is 0 Å². The molecule has 3 N–H and O–H groups in total. The number of carbonyl (C=O) groups excluding carboxylic acids is 1. The van der Waals surface area contributed by atoms with E-state index in [1.165, 1.54) is 0 Å². The Bertz CT molecular complexity index is 1210. The molecule has 0 unspecified atom stereocenters. The fraction of sp³-hybridized carbons (Fsp3) is 0.333. The minimum atomic E-state index is -0.0312. The zero-order valence-electron chi connectivity index (χ0n) is 21.1. The Morgan fingerprint density at radius 3 is 2.54 bits per heavy atom. The number of H-pyrrole nitrogens is 1. The minimum absolute atomic E-state index is 0.0312. The Morgan fingerprint density at radius 2 is 1.91 bits per heavy atom. The van der Waals surface area contributed by atoms with Crippen molar-refractivity contribution in [1.82, 2.24) is 15.0 Å². The summed E-state index contributed by atoms with van der Waals surface area (Å²) >= 11 is 0. The molecule has 0 aliphatic heterocycles. The van der Waals surface area contributed by atoms with E-state index in [9.17, 15) is 4.79 Å². The van der Waals surface area contributed by atoms with Gasteiger partial charge in [-0.2, -0.15) is 0 Å². The lowest BCUT2D eigenvalue weighted by molar-refractivity contribution is -0.116. The van der Waals surface area contributed by atoms with Gasteiger partial charge in [0.05, 0.1) is 29.5 Å². The number of aryl methyl sites for hydroxylation is 2. The van der Waals surface area contributed by atoms with Crippen LogP contribution in [-0.2, 0) is 17.8 Å². The fourth-order valence-electron chi connectivity index (χ4n) is 3.53. The summed E-state index contributed by atoms with van der Waals surface area (Å²) in [6.07, 6.45) is 5.97. The lowest BCUT2D eigenvalue weighted by Gasteiger charge is -2.11. The molecule has 4 rings (SSSR count). The smallest absolute Gasteiger partial charge is 0.224 e. The van der Waals surface area contributed by atoms with Gasteiger partial charge < -0.3 is 20.0 Å². The van der Waals surface area contributed by atoms with Gasteiger partial charge in [-0.15, -0.1) is 0 Å². The van der Waals surface area contributed by atoms with Gasteiger partial charge >= 0.3 is 0 Å². The number of carbonyl (C=O) groups is 1. The second-order valence-electron chi connectivity index (χ2n) is 7.92. The van der Waals surface area contributed by atoms with Gasteiger partial charge in [-0.25, -0.2) is 5.26 Å². The van der Waals surface area contributed by atoms with Crippen LogP contribution in [0.2, 0.25) is 0 Å². The highest BCUT2D eigenvalue weighted by atomic mass is 16.3. The molecule has 0 radical (unpaired) electrons. The first kappa shape index (κ1) is 27.1. The van der Waals surface area contributed by atoms with E-state index in [4.69, 9.17) is 14.7 Å². The van der Waals surface area contributed by atoms with E-state index < -0.39 is 0 Å². The summed E-state index contributed by atoms with van der Waals surface area (Å²) in [7, 11) is 0. The number of hydrogen-bond acceptors (Lipinski definition) is 6. The molecule has 4 heterocycles. The molecule has 0 saturated heterocycles. The molecule has 0 fully saturated rings. The Balaban J connectivity index is 0.00000103. The maximum Gasteiger partial charge on any atom is 0.224 e. The molecule has 0 spiro atoms. The van der Waals surface area contributed by atoms with E-state index in [0.717, 1.165) is 45.1 Å². The number of pyridine rings is 2. The van der Waals surface area contributed by atoms with Crippen LogP contribution in [0.4, 0.5) is 11.4 Å². The first-order valence-corrected chi connectivity index (χ1v) is 11.8. The number of hydrogen-bond donors (Lipinski definition) is 3. The molecule has 4 aromatic heterocycles. The van der Waals surface area contributed by atoms with Gasteiger partial charge in [-0.05, 0) is 55.2 Å². The third-order valence-corrected chi connectivity index (χ3v) is 5.31. The van der Waals surface area contributed by atoms with Gasteiger partial charge in [-0.1, -0.05) is 27.7 Å². The predicted octanol–water partition coefficient (Wildman–Crippen LogP) is 6.33. The molecule has 8 nitrogen and oxygen atoms in total.